The molecule has 4 heteroatoms. The second-order valence-corrected chi connectivity index (χ2v) is 29.1. The highest BCUT2D eigenvalue weighted by Crippen LogP contribution is 2.46. The molecule has 0 N–H and O–H groups in total. The normalized spacial score (nSPS) is 11.6. The van der Waals surface area contributed by atoms with Gasteiger partial charge < -0.3 is 18.3 Å². The van der Waals surface area contributed by atoms with E-state index in [0.29, 0.717) is 0 Å². The number of hydrogen-bond acceptors (Lipinski definition) is 0. The van der Waals surface area contributed by atoms with E-state index >= 15 is 0 Å². The SMILES string of the molecule is c1ccc(-c2ccc(-c3cccc(-n4c5ccccc5c5c(-c6ccc7c8ccccc8n(-c8ccc(-c9ccccc9)cc8)c7c6)cccc54)c3)cc2)cc1.c1ccc(-c2ccc(-n3c4ccccc4c4ccc(-c5cccc6c5c5ccccc5n6-c5cc(-c6ccccc6)cc(-c6ccccc6)c5)cc43)cc2)cc1. The Labute approximate surface area is 649 Å². The molecule has 4 nitrogen and oxygen atoms in total. The maximum absolute atomic E-state index is 2.46. The van der Waals surface area contributed by atoms with Crippen LogP contribution in [-0.4, -0.2) is 18.3 Å². The van der Waals surface area contributed by atoms with Crippen LogP contribution in [0.4, 0.5) is 0 Å². The highest BCUT2D eigenvalue weighted by atomic mass is 15.0. The first kappa shape index (κ1) is 65.5. The first-order valence-electron chi connectivity index (χ1n) is 38.5. The Kier molecular flexibility index (Phi) is 16.2. The Morgan fingerprint density at radius 1 is 0.116 bits per heavy atom. The summed E-state index contributed by atoms with van der Waals surface area (Å²) in [7, 11) is 0. The van der Waals surface area contributed by atoms with E-state index in [1.165, 1.54) is 176 Å². The van der Waals surface area contributed by atoms with Gasteiger partial charge in [0.1, 0.15) is 0 Å². The minimum atomic E-state index is 1.14. The Hall–Kier alpha value is -14.8. The number of hydrogen-bond donors (Lipinski definition) is 0. The monoisotopic (exact) mass is 1420 g/mol. The topological polar surface area (TPSA) is 19.7 Å². The summed E-state index contributed by atoms with van der Waals surface area (Å²) in [5.74, 6) is 0. The van der Waals surface area contributed by atoms with Crippen molar-refractivity contribution in [1.29, 1.82) is 0 Å². The van der Waals surface area contributed by atoms with Gasteiger partial charge in [-0.05, 0) is 192 Å². The van der Waals surface area contributed by atoms with Crippen molar-refractivity contribution < 1.29 is 0 Å². The van der Waals surface area contributed by atoms with Crippen molar-refractivity contribution in [2.75, 3.05) is 0 Å². The molecular formula is C108H72N4. The number of fused-ring (bicyclic) bond motifs is 12. The lowest BCUT2D eigenvalue weighted by Crippen LogP contribution is -1.96. The van der Waals surface area contributed by atoms with E-state index in [9.17, 15) is 0 Å². The van der Waals surface area contributed by atoms with E-state index in [1.807, 2.05) is 0 Å². The van der Waals surface area contributed by atoms with Crippen LogP contribution >= 0.6 is 0 Å². The van der Waals surface area contributed by atoms with E-state index in [1.54, 1.807) is 0 Å². The number of benzene rings is 18. The molecule has 0 aliphatic carbocycles. The molecule has 0 atom stereocenters. The van der Waals surface area contributed by atoms with Gasteiger partial charge in [-0.2, -0.15) is 0 Å². The first-order chi connectivity index (χ1) is 55.6. The van der Waals surface area contributed by atoms with Gasteiger partial charge in [-0.1, -0.05) is 334 Å². The molecule has 4 aromatic heterocycles. The van der Waals surface area contributed by atoms with Crippen molar-refractivity contribution >= 4 is 87.2 Å². The molecule has 22 rings (SSSR count). The first-order valence-corrected chi connectivity index (χ1v) is 38.5. The predicted molar refractivity (Wildman–Crippen MR) is 474 cm³/mol. The Morgan fingerprint density at radius 3 is 0.777 bits per heavy atom. The van der Waals surface area contributed by atoms with Crippen molar-refractivity contribution in [3.8, 4) is 112 Å². The molecule has 0 saturated heterocycles. The van der Waals surface area contributed by atoms with Crippen LogP contribution in [0.1, 0.15) is 0 Å². The summed E-state index contributed by atoms with van der Waals surface area (Å²) >= 11 is 0. The molecular weight excluding hydrogens is 1350 g/mol. The third kappa shape index (κ3) is 11.5. The minimum Gasteiger partial charge on any atom is -0.309 e. The third-order valence-electron chi connectivity index (χ3n) is 22.7. The van der Waals surface area contributed by atoms with Gasteiger partial charge in [0.05, 0.1) is 44.1 Å². The van der Waals surface area contributed by atoms with Crippen LogP contribution < -0.4 is 0 Å². The van der Waals surface area contributed by atoms with Crippen LogP contribution in [0.25, 0.3) is 199 Å². The smallest absolute Gasteiger partial charge is 0.0547 e. The van der Waals surface area contributed by atoms with E-state index in [0.717, 1.165) is 22.7 Å². The molecule has 0 fully saturated rings. The summed E-state index contributed by atoms with van der Waals surface area (Å²) in [5.41, 5.74) is 33.5. The van der Waals surface area contributed by atoms with Crippen molar-refractivity contribution in [3.05, 3.63) is 437 Å². The summed E-state index contributed by atoms with van der Waals surface area (Å²) in [4.78, 5) is 0. The number of nitrogens with zero attached hydrogens (tertiary/aromatic N) is 4. The molecule has 0 amide bonds. The third-order valence-corrected chi connectivity index (χ3v) is 22.7. The summed E-state index contributed by atoms with van der Waals surface area (Å²) < 4.78 is 9.73. The lowest BCUT2D eigenvalue weighted by Gasteiger charge is -2.14. The van der Waals surface area contributed by atoms with Crippen LogP contribution in [0.2, 0.25) is 0 Å². The molecule has 0 bridgehead atoms. The fourth-order valence-corrected chi connectivity index (χ4v) is 17.4. The molecule has 4 heterocycles. The van der Waals surface area contributed by atoms with Crippen LogP contribution in [-0.2, 0) is 0 Å². The highest BCUT2D eigenvalue weighted by Gasteiger charge is 2.23. The molecule has 18 aromatic carbocycles. The van der Waals surface area contributed by atoms with Crippen LogP contribution in [0.3, 0.4) is 0 Å². The molecule has 0 spiro atoms. The van der Waals surface area contributed by atoms with Gasteiger partial charge in [0.25, 0.3) is 0 Å². The largest absolute Gasteiger partial charge is 0.309 e. The standard InChI is InChI=1S/2C54H36N2/c1-4-15-37(16-5-1)40-27-30-44(31-28-40)55-50-24-12-10-21-47(50)48-32-29-41(36-53(48)55)46-23-14-26-52-54(46)49-22-11-13-25-51(49)56(52)45-34-42(38-17-6-2-7-18-38)33-43(35-45)39-19-8-3-9-20-39;1-3-13-37(14-4-1)39-25-27-41(28-26-39)42-17-11-18-45(35-42)56-51-23-10-8-20-49(51)54-46(21-12-24-52(54)56)43-31-34-48-47-19-7-9-22-50(47)55(53(48)36-43)44-32-29-40(30-33-44)38-15-5-2-6-16-38/h2*1-36H. The summed E-state index contributed by atoms with van der Waals surface area (Å²) in [6.07, 6.45) is 0. The van der Waals surface area contributed by atoms with Crippen molar-refractivity contribution in [2.45, 2.75) is 0 Å². The predicted octanol–water partition coefficient (Wildman–Crippen LogP) is 29.1. The lowest BCUT2D eigenvalue weighted by atomic mass is 9.97. The maximum atomic E-state index is 2.46. The number of aromatic nitrogens is 4. The van der Waals surface area contributed by atoms with Crippen molar-refractivity contribution in [3.63, 3.8) is 0 Å². The Bertz CT molecular complexity index is 7230. The van der Waals surface area contributed by atoms with E-state index in [4.69, 9.17) is 0 Å². The second kappa shape index (κ2) is 27.7. The summed E-state index contributed by atoms with van der Waals surface area (Å²) in [5, 5.41) is 10.00. The molecule has 0 aliphatic heterocycles. The Morgan fingerprint density at radius 2 is 0.375 bits per heavy atom. The number of para-hydroxylation sites is 4. The summed E-state index contributed by atoms with van der Waals surface area (Å²) in [6, 6.07) is 159. The zero-order chi connectivity index (χ0) is 74.0. The molecule has 112 heavy (non-hydrogen) atoms. The average Bonchev–Trinajstić information content (AvgIpc) is 1.58. The molecule has 22 aromatic rings. The van der Waals surface area contributed by atoms with E-state index in [2.05, 4.69) is 455 Å². The second-order valence-electron chi connectivity index (χ2n) is 29.1. The number of rotatable bonds is 12. The average molecular weight is 1430 g/mol. The van der Waals surface area contributed by atoms with Gasteiger partial charge in [0, 0.05) is 65.8 Å². The molecule has 0 unspecified atom stereocenters. The molecule has 0 saturated carbocycles. The quantitative estimate of drug-likeness (QED) is 0.116. The van der Waals surface area contributed by atoms with E-state index in [-0.39, 0.29) is 0 Å². The highest BCUT2D eigenvalue weighted by molar-refractivity contribution is 6.19. The van der Waals surface area contributed by atoms with Gasteiger partial charge in [-0.15, -0.1) is 0 Å². The van der Waals surface area contributed by atoms with Gasteiger partial charge in [-0.3, -0.25) is 0 Å². The molecule has 524 valence electrons. The maximum Gasteiger partial charge on any atom is 0.0547 e. The zero-order valence-electron chi connectivity index (χ0n) is 61.4. The van der Waals surface area contributed by atoms with Gasteiger partial charge in [0.2, 0.25) is 0 Å². The Balaban J connectivity index is 0.000000141. The van der Waals surface area contributed by atoms with Crippen molar-refractivity contribution in [2.24, 2.45) is 0 Å². The van der Waals surface area contributed by atoms with Crippen LogP contribution in [0.15, 0.2) is 437 Å². The molecule has 0 radical (unpaired) electrons. The molecule has 0 aliphatic rings. The van der Waals surface area contributed by atoms with Crippen molar-refractivity contribution in [1.82, 2.24) is 18.3 Å². The van der Waals surface area contributed by atoms with Gasteiger partial charge in [-0.25, -0.2) is 0 Å². The fraction of sp³-hybridized carbons (Fsp3) is 0. The van der Waals surface area contributed by atoms with E-state index < -0.39 is 0 Å². The zero-order valence-corrected chi connectivity index (χ0v) is 61.4. The summed E-state index contributed by atoms with van der Waals surface area (Å²) in [6.45, 7) is 0. The lowest BCUT2D eigenvalue weighted by molar-refractivity contribution is 1.18. The van der Waals surface area contributed by atoms with Gasteiger partial charge >= 0.3 is 0 Å². The van der Waals surface area contributed by atoms with Crippen LogP contribution in [0.5, 0.6) is 0 Å². The van der Waals surface area contributed by atoms with Crippen LogP contribution in [0, 0.1) is 0 Å². The van der Waals surface area contributed by atoms with Gasteiger partial charge in [0.15, 0.2) is 0 Å². The minimum absolute atomic E-state index is 1.14. The fourth-order valence-electron chi connectivity index (χ4n) is 17.4.